The molecule has 0 bridgehead atoms. The van der Waals surface area contributed by atoms with Crippen molar-refractivity contribution < 1.29 is 14.7 Å². The third-order valence-electron chi connectivity index (χ3n) is 3.71. The third-order valence-corrected chi connectivity index (χ3v) is 3.71. The number of carbonyl (C=O) groups excluding carboxylic acids is 1. The molecule has 1 aromatic carbocycles. The van der Waals surface area contributed by atoms with Gasteiger partial charge in [0.15, 0.2) is 0 Å². The maximum atomic E-state index is 12.0. The Labute approximate surface area is 123 Å². The van der Waals surface area contributed by atoms with E-state index in [1.807, 2.05) is 6.07 Å². The molecule has 0 spiro atoms. The molecule has 1 aliphatic rings. The lowest BCUT2D eigenvalue weighted by Gasteiger charge is -2.29. The lowest BCUT2D eigenvalue weighted by Crippen LogP contribution is -2.40. The predicted molar refractivity (Wildman–Crippen MR) is 75.8 cm³/mol. The van der Waals surface area contributed by atoms with Crippen LogP contribution in [0.3, 0.4) is 0 Å². The van der Waals surface area contributed by atoms with Crippen molar-refractivity contribution in [2.45, 2.75) is 12.8 Å². The predicted octanol–water partition coefficient (Wildman–Crippen LogP) is 1.68. The Morgan fingerprint density at radius 1 is 1.29 bits per heavy atom. The highest BCUT2D eigenvalue weighted by atomic mass is 16.4. The summed E-state index contributed by atoms with van der Waals surface area (Å²) in [5, 5.41) is 20.4. The smallest absolute Gasteiger partial charge is 0.407 e. The van der Waals surface area contributed by atoms with Crippen molar-refractivity contribution in [3.05, 3.63) is 35.4 Å². The monoisotopic (exact) mass is 287 g/mol. The van der Waals surface area contributed by atoms with Gasteiger partial charge in [-0.25, -0.2) is 4.79 Å². The van der Waals surface area contributed by atoms with E-state index in [4.69, 9.17) is 10.4 Å². The summed E-state index contributed by atoms with van der Waals surface area (Å²) >= 11 is 0. The van der Waals surface area contributed by atoms with Gasteiger partial charge in [0.1, 0.15) is 0 Å². The fourth-order valence-corrected chi connectivity index (χ4v) is 2.36. The van der Waals surface area contributed by atoms with E-state index in [0.29, 0.717) is 36.7 Å². The first-order chi connectivity index (χ1) is 10.1. The van der Waals surface area contributed by atoms with E-state index >= 15 is 0 Å². The minimum absolute atomic E-state index is 0.167. The maximum Gasteiger partial charge on any atom is 0.407 e. The zero-order chi connectivity index (χ0) is 15.2. The Kier molecular flexibility index (Phi) is 4.77. The maximum absolute atomic E-state index is 12.0. The summed E-state index contributed by atoms with van der Waals surface area (Å²) in [6, 6.07) is 8.48. The first-order valence-electron chi connectivity index (χ1n) is 6.86. The summed E-state index contributed by atoms with van der Waals surface area (Å²) in [6.45, 7) is 1.59. The van der Waals surface area contributed by atoms with Gasteiger partial charge in [0, 0.05) is 25.2 Å². The number of piperidine rings is 1. The number of hydrogen-bond donors (Lipinski definition) is 2. The zero-order valence-corrected chi connectivity index (χ0v) is 11.6. The SMILES string of the molecule is N#Cc1ccc(C(=O)NCC2CCN(C(=O)O)CC2)cc1. The summed E-state index contributed by atoms with van der Waals surface area (Å²) in [7, 11) is 0. The largest absolute Gasteiger partial charge is 0.465 e. The van der Waals surface area contributed by atoms with Gasteiger partial charge in [-0.1, -0.05) is 0 Å². The van der Waals surface area contributed by atoms with Gasteiger partial charge in [0.2, 0.25) is 0 Å². The van der Waals surface area contributed by atoms with Crippen molar-refractivity contribution in [3.8, 4) is 6.07 Å². The van der Waals surface area contributed by atoms with Crippen molar-refractivity contribution in [2.24, 2.45) is 5.92 Å². The van der Waals surface area contributed by atoms with Crippen molar-refractivity contribution in [1.29, 1.82) is 5.26 Å². The van der Waals surface area contributed by atoms with Gasteiger partial charge in [-0.05, 0) is 43.0 Å². The average molecular weight is 287 g/mol. The van der Waals surface area contributed by atoms with Crippen LogP contribution in [-0.2, 0) is 0 Å². The summed E-state index contributed by atoms with van der Waals surface area (Å²) in [5.41, 5.74) is 1.05. The number of carboxylic acid groups (broad SMARTS) is 1. The molecule has 0 unspecified atom stereocenters. The van der Waals surface area contributed by atoms with Gasteiger partial charge in [0.25, 0.3) is 5.91 Å². The Morgan fingerprint density at radius 3 is 2.43 bits per heavy atom. The molecule has 1 heterocycles. The quantitative estimate of drug-likeness (QED) is 0.884. The van der Waals surface area contributed by atoms with Gasteiger partial charge < -0.3 is 15.3 Å². The number of hydrogen-bond acceptors (Lipinski definition) is 3. The zero-order valence-electron chi connectivity index (χ0n) is 11.6. The van der Waals surface area contributed by atoms with E-state index in [1.54, 1.807) is 24.3 Å². The topological polar surface area (TPSA) is 93.4 Å². The number of carbonyl (C=O) groups is 2. The number of benzene rings is 1. The molecule has 110 valence electrons. The van der Waals surface area contributed by atoms with Gasteiger partial charge in [-0.15, -0.1) is 0 Å². The number of likely N-dealkylation sites (tertiary alicyclic amines) is 1. The summed E-state index contributed by atoms with van der Waals surface area (Å²) in [6.07, 6.45) is 0.648. The van der Waals surface area contributed by atoms with Crippen LogP contribution in [0.2, 0.25) is 0 Å². The first kappa shape index (κ1) is 14.9. The van der Waals surface area contributed by atoms with E-state index < -0.39 is 6.09 Å². The normalized spacial score (nSPS) is 15.3. The summed E-state index contributed by atoms with van der Waals surface area (Å²) in [4.78, 5) is 24.2. The highest BCUT2D eigenvalue weighted by Crippen LogP contribution is 2.16. The fourth-order valence-electron chi connectivity index (χ4n) is 2.36. The van der Waals surface area contributed by atoms with Crippen molar-refractivity contribution >= 4 is 12.0 Å². The molecular formula is C15H17N3O3. The van der Waals surface area contributed by atoms with Crippen LogP contribution in [-0.4, -0.2) is 41.6 Å². The molecule has 0 atom stereocenters. The van der Waals surface area contributed by atoms with E-state index in [1.165, 1.54) is 4.90 Å². The molecule has 6 heteroatoms. The molecular weight excluding hydrogens is 270 g/mol. The molecule has 0 saturated carbocycles. The molecule has 21 heavy (non-hydrogen) atoms. The second-order valence-corrected chi connectivity index (χ2v) is 5.11. The van der Waals surface area contributed by atoms with Crippen LogP contribution in [0, 0.1) is 17.2 Å². The van der Waals surface area contributed by atoms with Gasteiger partial charge in [-0.2, -0.15) is 5.26 Å². The number of amides is 2. The number of nitrogens with one attached hydrogen (secondary N) is 1. The number of nitrogens with zero attached hydrogens (tertiary/aromatic N) is 2. The molecule has 1 aromatic rings. The molecule has 2 amide bonds. The van der Waals surface area contributed by atoms with Crippen LogP contribution in [0.15, 0.2) is 24.3 Å². The molecule has 6 nitrogen and oxygen atoms in total. The minimum atomic E-state index is -0.880. The van der Waals surface area contributed by atoms with Crippen LogP contribution in [0.1, 0.15) is 28.8 Å². The molecule has 2 N–H and O–H groups in total. The standard InChI is InChI=1S/C15H17N3O3/c16-9-11-1-3-13(4-2-11)14(19)17-10-12-5-7-18(8-6-12)15(20)21/h1-4,12H,5-8,10H2,(H,17,19)(H,20,21). The van der Waals surface area contributed by atoms with E-state index in [9.17, 15) is 9.59 Å². The van der Waals surface area contributed by atoms with Gasteiger partial charge in [-0.3, -0.25) is 4.79 Å². The van der Waals surface area contributed by atoms with Gasteiger partial charge in [0.05, 0.1) is 11.6 Å². The molecule has 1 fully saturated rings. The van der Waals surface area contributed by atoms with E-state index in [-0.39, 0.29) is 5.91 Å². The number of rotatable bonds is 3. The Hall–Kier alpha value is -2.55. The Bertz CT molecular complexity index is 555. The molecule has 1 aliphatic heterocycles. The lowest BCUT2D eigenvalue weighted by atomic mass is 9.97. The van der Waals surface area contributed by atoms with E-state index in [0.717, 1.165) is 12.8 Å². The van der Waals surface area contributed by atoms with Crippen LogP contribution >= 0.6 is 0 Å². The number of nitriles is 1. The first-order valence-corrected chi connectivity index (χ1v) is 6.86. The van der Waals surface area contributed by atoms with Crippen LogP contribution in [0.5, 0.6) is 0 Å². The lowest BCUT2D eigenvalue weighted by molar-refractivity contribution is 0.0928. The Balaban J connectivity index is 1.79. The van der Waals surface area contributed by atoms with Crippen LogP contribution in [0.4, 0.5) is 4.79 Å². The van der Waals surface area contributed by atoms with Crippen molar-refractivity contribution in [3.63, 3.8) is 0 Å². The highest BCUT2D eigenvalue weighted by molar-refractivity contribution is 5.94. The van der Waals surface area contributed by atoms with Gasteiger partial charge >= 0.3 is 6.09 Å². The molecule has 1 saturated heterocycles. The van der Waals surface area contributed by atoms with Crippen LogP contribution in [0.25, 0.3) is 0 Å². The van der Waals surface area contributed by atoms with Crippen molar-refractivity contribution in [2.75, 3.05) is 19.6 Å². The summed E-state index contributed by atoms with van der Waals surface area (Å²) in [5.74, 6) is 0.142. The average Bonchev–Trinajstić information content (AvgIpc) is 2.53. The molecule has 2 rings (SSSR count). The molecule has 0 aromatic heterocycles. The third kappa shape index (κ3) is 3.96. The van der Waals surface area contributed by atoms with Crippen LogP contribution < -0.4 is 5.32 Å². The minimum Gasteiger partial charge on any atom is -0.465 e. The van der Waals surface area contributed by atoms with E-state index in [2.05, 4.69) is 5.32 Å². The fraction of sp³-hybridized carbons (Fsp3) is 0.400. The second-order valence-electron chi connectivity index (χ2n) is 5.11. The molecule has 0 radical (unpaired) electrons. The second kappa shape index (κ2) is 6.75. The summed E-state index contributed by atoms with van der Waals surface area (Å²) < 4.78 is 0. The molecule has 0 aliphatic carbocycles. The Morgan fingerprint density at radius 2 is 1.90 bits per heavy atom. The van der Waals surface area contributed by atoms with Crippen molar-refractivity contribution in [1.82, 2.24) is 10.2 Å². The highest BCUT2D eigenvalue weighted by Gasteiger charge is 2.22.